The van der Waals surface area contributed by atoms with Gasteiger partial charge in [0.15, 0.2) is 11.5 Å². The van der Waals surface area contributed by atoms with Gasteiger partial charge >= 0.3 is 124 Å². The minimum Gasteiger partial charge on any atom is -0.790 e. The van der Waals surface area contributed by atoms with Crippen molar-refractivity contribution in [2.75, 3.05) is 24.7 Å². The average Bonchev–Trinajstić information content (AvgIpc) is 3.45. The monoisotopic (exact) mass is 712 g/mol. The number of carbonyl (C=O) groups is 1. The topological polar surface area (TPSA) is 288 Å². The summed E-state index contributed by atoms with van der Waals surface area (Å²) in [5.74, 6) is -0.741. The molecule has 2 unspecified atom stereocenters. The molecule has 3 heterocycles. The van der Waals surface area contributed by atoms with E-state index >= 15 is 0 Å². The normalized spacial score (nSPS) is 20.4. The Morgan fingerprint density at radius 3 is 2.34 bits per heavy atom. The first kappa shape index (κ1) is 45.2. The number of carbonyl (C=O) groups excluding carboxylic acids is 1. The number of benzene rings is 1. The number of nitrogens with two attached hydrogens (primary N) is 1. The number of ether oxygens (including phenoxy) is 2. The third-order valence-corrected chi connectivity index (χ3v) is 9.01. The van der Waals surface area contributed by atoms with Gasteiger partial charge in [0.25, 0.3) is 15.6 Å². The predicted octanol–water partition coefficient (Wildman–Crippen LogP) is -13.2. The molecule has 0 radical (unpaired) electrons. The molecule has 2 aromatic heterocycles. The van der Waals surface area contributed by atoms with Crippen molar-refractivity contribution >= 4 is 52.1 Å². The van der Waals surface area contributed by atoms with Crippen LogP contribution in [0.3, 0.4) is 0 Å². The van der Waals surface area contributed by atoms with E-state index in [9.17, 15) is 38.1 Å². The number of nitrogen functional groups attached to an aromatic ring is 1. The molecule has 1 fully saturated rings. The van der Waals surface area contributed by atoms with Gasteiger partial charge in [-0.1, -0.05) is 12.1 Å². The largest absolute Gasteiger partial charge is 1.00 e. The molecule has 0 saturated carbocycles. The van der Waals surface area contributed by atoms with Crippen LogP contribution in [0.25, 0.3) is 11.2 Å². The van der Waals surface area contributed by atoms with Gasteiger partial charge in [-0.3, -0.25) is 18.0 Å². The average molecular weight is 712 g/mol. The predicted molar refractivity (Wildman–Crippen MR) is 124 cm³/mol. The molecular weight excluding hydrogens is 693 g/mol. The number of nitrogens with zero attached hydrogens (tertiary/aromatic N) is 4. The van der Waals surface area contributed by atoms with E-state index in [4.69, 9.17) is 15.2 Å². The van der Waals surface area contributed by atoms with Crippen molar-refractivity contribution in [3.8, 4) is 0 Å². The molecule has 0 spiro atoms. The van der Waals surface area contributed by atoms with Crippen molar-refractivity contribution in [1.82, 2.24) is 19.5 Å². The van der Waals surface area contributed by atoms with Crippen molar-refractivity contribution in [2.24, 2.45) is 0 Å². The Bertz CT molecular complexity index is 1570. The molecule has 218 valence electrons. The molecule has 1 aromatic carbocycles. The van der Waals surface area contributed by atoms with Gasteiger partial charge in [-0.15, -0.1) is 0 Å². The summed E-state index contributed by atoms with van der Waals surface area (Å²) in [5.41, 5.74) is 6.86. The second-order valence-electron chi connectivity index (χ2n) is 7.99. The molecule has 44 heavy (non-hydrogen) atoms. The standard InChI is InChI=1S/C18H23N6O13P3.4Na/c1-20-11-5-3-2-4-10(11)18(25)35-12-6-14(24-9-23-15-16(19)21-8-22-17(15)24)34-13(12)7-33-39(29,30)37-40(31,32)36-38(26,27)28;;;;/h2-5,8-9,12-14,20H,6-7H2,1H3,(H,29,30)(H,31,32)(H2,19,21,22)(H2,26,27,28);;;;/q;4*+1/p-4/t12-,13+,14+;;;;/m0..../s1. The van der Waals surface area contributed by atoms with E-state index in [1.807, 2.05) is 0 Å². The van der Waals surface area contributed by atoms with E-state index in [1.54, 1.807) is 25.2 Å². The number of hydrogen-bond donors (Lipinski definition) is 2. The van der Waals surface area contributed by atoms with Gasteiger partial charge in [0, 0.05) is 19.2 Å². The molecule has 1 saturated heterocycles. The Balaban J connectivity index is 0.00000462. The third-order valence-electron chi connectivity index (χ3n) is 5.35. The molecule has 1 aliphatic heterocycles. The first-order chi connectivity index (χ1) is 18.7. The molecular formula is C18H19N6Na4O13P3. The number of para-hydroxylation sites is 1. The zero-order chi connectivity index (χ0) is 29.3. The maximum Gasteiger partial charge on any atom is 1.00 e. The van der Waals surface area contributed by atoms with Crippen LogP contribution in [0.4, 0.5) is 11.5 Å². The van der Waals surface area contributed by atoms with Crippen molar-refractivity contribution in [1.29, 1.82) is 0 Å². The molecule has 19 nitrogen and oxygen atoms in total. The number of rotatable bonds is 11. The van der Waals surface area contributed by atoms with Crippen LogP contribution in [-0.4, -0.2) is 51.4 Å². The second kappa shape index (κ2) is 18.8. The van der Waals surface area contributed by atoms with E-state index in [1.165, 1.54) is 23.3 Å². The summed E-state index contributed by atoms with van der Waals surface area (Å²) in [6.45, 7) is -0.973. The van der Waals surface area contributed by atoms with E-state index in [2.05, 4.69) is 33.4 Å². The Morgan fingerprint density at radius 1 is 1.05 bits per heavy atom. The minimum atomic E-state index is -6.18. The first-order valence-corrected chi connectivity index (χ1v) is 15.3. The molecule has 1 aliphatic rings. The summed E-state index contributed by atoms with van der Waals surface area (Å²) in [6.07, 6.45) is -1.09. The van der Waals surface area contributed by atoms with Crippen LogP contribution in [0.5, 0.6) is 0 Å². The van der Waals surface area contributed by atoms with Crippen LogP contribution < -0.4 is 149 Å². The summed E-state index contributed by atoms with van der Waals surface area (Å²) < 4.78 is 58.2. The second-order valence-corrected chi connectivity index (χ2v) is 12.2. The number of imidazole rings is 1. The van der Waals surface area contributed by atoms with E-state index in [0.29, 0.717) is 5.69 Å². The van der Waals surface area contributed by atoms with Crippen molar-refractivity contribution in [2.45, 2.75) is 24.9 Å². The summed E-state index contributed by atoms with van der Waals surface area (Å²) >= 11 is 0. The smallest absolute Gasteiger partial charge is 0.790 e. The van der Waals surface area contributed by atoms with Gasteiger partial charge in [-0.05, 0) is 12.1 Å². The fourth-order valence-electron chi connectivity index (χ4n) is 3.75. The molecule has 0 bridgehead atoms. The first-order valence-electron chi connectivity index (χ1n) is 11.0. The van der Waals surface area contributed by atoms with Crippen molar-refractivity contribution < 1.29 is 179 Å². The van der Waals surface area contributed by atoms with Crippen LogP contribution in [0.15, 0.2) is 36.9 Å². The molecule has 0 aliphatic carbocycles. The number of nitrogens with one attached hydrogen (secondary N) is 1. The number of fused-ring (bicyclic) bond motifs is 1. The van der Waals surface area contributed by atoms with Crippen LogP contribution in [0, 0.1) is 0 Å². The zero-order valence-corrected chi connectivity index (χ0v) is 34.8. The Hall–Kier alpha value is 1.21. The fourth-order valence-corrected chi connectivity index (χ4v) is 6.62. The van der Waals surface area contributed by atoms with Crippen LogP contribution in [0.2, 0.25) is 0 Å². The Labute approximate surface area is 338 Å². The van der Waals surface area contributed by atoms with Crippen LogP contribution >= 0.6 is 23.5 Å². The maximum absolute atomic E-state index is 13.0. The van der Waals surface area contributed by atoms with Crippen molar-refractivity contribution in [3.63, 3.8) is 0 Å². The van der Waals surface area contributed by atoms with Crippen LogP contribution in [0.1, 0.15) is 23.0 Å². The Kier molecular flexibility index (Phi) is 19.3. The number of phosphoric ester groups is 1. The maximum atomic E-state index is 13.0. The minimum absolute atomic E-state index is 0. The van der Waals surface area contributed by atoms with E-state index in [0.717, 1.165) is 0 Å². The summed E-state index contributed by atoms with van der Waals surface area (Å²) in [6, 6.07) is 6.36. The number of aromatic nitrogens is 4. The van der Waals surface area contributed by atoms with E-state index in [-0.39, 0.29) is 147 Å². The fraction of sp³-hybridized carbons (Fsp3) is 0.333. The number of anilines is 2. The van der Waals surface area contributed by atoms with Gasteiger partial charge < -0.3 is 49.2 Å². The van der Waals surface area contributed by atoms with Gasteiger partial charge in [0.2, 0.25) is 0 Å². The summed E-state index contributed by atoms with van der Waals surface area (Å²) in [4.78, 5) is 69.6. The zero-order valence-electron chi connectivity index (χ0n) is 24.1. The van der Waals surface area contributed by atoms with Gasteiger partial charge in [0.05, 0.1) is 26.3 Å². The molecule has 4 rings (SSSR count). The van der Waals surface area contributed by atoms with E-state index < -0.39 is 54.5 Å². The SMILES string of the molecule is CNc1ccccc1C(=O)O[C@H]1C[C@H](n2cnc3c(N)ncnc32)O[C@@H]1COP(=O)([O-])OP(=O)([O-])OP(=O)([O-])[O-].[Na+].[Na+].[Na+].[Na+]. The van der Waals surface area contributed by atoms with Gasteiger partial charge in [-0.25, -0.2) is 24.1 Å². The number of esters is 1. The third kappa shape index (κ3) is 12.3. The summed E-state index contributed by atoms with van der Waals surface area (Å²) in [7, 11) is -16.6. The van der Waals surface area contributed by atoms with Gasteiger partial charge in [-0.2, -0.15) is 0 Å². The van der Waals surface area contributed by atoms with Gasteiger partial charge in [0.1, 0.15) is 30.3 Å². The van der Waals surface area contributed by atoms with Crippen LogP contribution in [-0.2, 0) is 36.3 Å². The number of hydrogen-bond acceptors (Lipinski definition) is 18. The summed E-state index contributed by atoms with van der Waals surface area (Å²) in [5, 5.41) is 2.83. The molecule has 5 atom stereocenters. The Morgan fingerprint density at radius 2 is 1.70 bits per heavy atom. The molecule has 3 aromatic rings. The quantitative estimate of drug-likeness (QED) is 0.106. The number of phosphoric acid groups is 3. The molecule has 26 heteroatoms. The molecule has 0 amide bonds. The molecule has 3 N–H and O–H groups in total. The van der Waals surface area contributed by atoms with Crippen molar-refractivity contribution in [3.05, 3.63) is 42.5 Å².